The molecule has 0 saturated heterocycles. The lowest BCUT2D eigenvalue weighted by Gasteiger charge is -1.87. The molecule has 0 aliphatic heterocycles. The Bertz CT molecular complexity index is 239. The summed E-state index contributed by atoms with van der Waals surface area (Å²) in [6.07, 6.45) is 0. The molecule has 2 N–H and O–H groups in total. The van der Waals surface area contributed by atoms with Crippen molar-refractivity contribution < 1.29 is 7.13 Å². The van der Waals surface area contributed by atoms with Crippen molar-refractivity contribution in [3.8, 4) is 0 Å². The lowest BCUT2D eigenvalue weighted by Crippen LogP contribution is -1.82. The maximum Gasteiger partial charge on any atom is 0.123 e. The quantitative estimate of drug-likeness (QED) is 0.506. The second-order valence-corrected chi connectivity index (χ2v) is 1.38. The van der Waals surface area contributed by atoms with Gasteiger partial charge < -0.3 is 5.73 Å². The first-order valence-corrected chi connectivity index (χ1v) is 2.13. The van der Waals surface area contributed by atoms with Crippen molar-refractivity contribution in [2.75, 3.05) is 5.73 Å². The SMILES string of the molecule is [2H]c1cc(F)cc([2H])c1N. The van der Waals surface area contributed by atoms with E-state index in [0.29, 0.717) is 0 Å². The Labute approximate surface area is 49.7 Å². The number of halogens is 1. The third kappa shape index (κ3) is 0.964. The van der Waals surface area contributed by atoms with Crippen LogP contribution in [0.1, 0.15) is 2.74 Å². The molecule has 0 bridgehead atoms. The van der Waals surface area contributed by atoms with E-state index in [0.717, 1.165) is 12.1 Å². The fourth-order valence-corrected chi connectivity index (χ4v) is 0.377. The molecular formula is C6H6FN. The maximum atomic E-state index is 12.3. The third-order valence-corrected chi connectivity index (χ3v) is 0.731. The zero-order chi connectivity index (χ0) is 7.72. The Balaban J connectivity index is 3.31. The van der Waals surface area contributed by atoms with E-state index >= 15 is 0 Å². The molecule has 0 unspecified atom stereocenters. The minimum absolute atomic E-state index is 0.0152. The first-order chi connectivity index (χ1) is 4.61. The van der Waals surface area contributed by atoms with Crippen LogP contribution in [0.2, 0.25) is 0 Å². The second-order valence-electron chi connectivity index (χ2n) is 1.38. The standard InChI is InChI=1S/C6H6FN/c7-5-1-3-6(8)4-2-5/h1-4H,8H2/i3D,4D. The van der Waals surface area contributed by atoms with Gasteiger partial charge in [-0.1, -0.05) is 0 Å². The van der Waals surface area contributed by atoms with E-state index in [1.807, 2.05) is 0 Å². The van der Waals surface area contributed by atoms with Crippen molar-refractivity contribution in [1.29, 1.82) is 0 Å². The topological polar surface area (TPSA) is 26.0 Å². The van der Waals surface area contributed by atoms with Gasteiger partial charge in [0.05, 0.1) is 2.74 Å². The van der Waals surface area contributed by atoms with Crippen molar-refractivity contribution in [2.45, 2.75) is 0 Å². The first-order valence-electron chi connectivity index (χ1n) is 3.13. The monoisotopic (exact) mass is 113 g/mol. The van der Waals surface area contributed by atoms with E-state index in [4.69, 9.17) is 8.48 Å². The van der Waals surface area contributed by atoms with E-state index in [2.05, 4.69) is 0 Å². The van der Waals surface area contributed by atoms with Crippen LogP contribution in [0.25, 0.3) is 0 Å². The van der Waals surface area contributed by atoms with Gasteiger partial charge in [0.1, 0.15) is 5.82 Å². The van der Waals surface area contributed by atoms with Crippen LogP contribution in [0, 0.1) is 5.82 Å². The highest BCUT2D eigenvalue weighted by atomic mass is 19.1. The molecule has 0 aliphatic rings. The Kier molecular flexibility index (Phi) is 0.699. The normalized spacial score (nSPS) is 12.6. The molecule has 0 fully saturated rings. The van der Waals surface area contributed by atoms with Crippen molar-refractivity contribution >= 4 is 5.69 Å². The van der Waals surface area contributed by atoms with Crippen molar-refractivity contribution in [3.63, 3.8) is 0 Å². The Morgan fingerprint density at radius 3 is 2.50 bits per heavy atom. The summed E-state index contributed by atoms with van der Waals surface area (Å²) in [6.45, 7) is 0. The van der Waals surface area contributed by atoms with Gasteiger partial charge in [0.15, 0.2) is 0 Å². The minimum atomic E-state index is -0.593. The number of benzene rings is 1. The summed E-state index contributed by atoms with van der Waals surface area (Å²) in [6, 6.07) is 1.69. The summed E-state index contributed by atoms with van der Waals surface area (Å²) in [5.74, 6) is -0.593. The maximum absolute atomic E-state index is 12.3. The molecule has 0 aromatic heterocycles. The van der Waals surface area contributed by atoms with Crippen LogP contribution >= 0.6 is 0 Å². The molecule has 0 heterocycles. The van der Waals surface area contributed by atoms with Crippen LogP contribution in [-0.2, 0) is 0 Å². The van der Waals surface area contributed by atoms with E-state index in [1.54, 1.807) is 0 Å². The summed E-state index contributed by atoms with van der Waals surface area (Å²) < 4.78 is 26.3. The Morgan fingerprint density at radius 2 is 2.00 bits per heavy atom. The number of anilines is 1. The largest absolute Gasteiger partial charge is 0.399 e. The van der Waals surface area contributed by atoms with Crippen molar-refractivity contribution in [2.24, 2.45) is 0 Å². The zero-order valence-corrected chi connectivity index (χ0v) is 4.11. The molecule has 8 heavy (non-hydrogen) atoms. The summed E-state index contributed by atoms with van der Waals surface area (Å²) in [5.41, 5.74) is 5.22. The number of rotatable bonds is 0. The van der Waals surface area contributed by atoms with Crippen LogP contribution in [0.15, 0.2) is 24.2 Å². The molecule has 0 aliphatic carbocycles. The van der Waals surface area contributed by atoms with E-state index in [1.165, 1.54) is 0 Å². The smallest absolute Gasteiger partial charge is 0.123 e. The van der Waals surface area contributed by atoms with E-state index in [9.17, 15) is 4.39 Å². The molecule has 0 amide bonds. The van der Waals surface area contributed by atoms with Gasteiger partial charge in [-0.25, -0.2) is 4.39 Å². The summed E-state index contributed by atoms with van der Waals surface area (Å²) in [5, 5.41) is 0. The lowest BCUT2D eigenvalue weighted by molar-refractivity contribution is 0.628. The van der Waals surface area contributed by atoms with Crippen LogP contribution in [0.3, 0.4) is 0 Å². The average molecular weight is 113 g/mol. The number of hydrogen-bond acceptors (Lipinski definition) is 1. The van der Waals surface area contributed by atoms with Crippen molar-refractivity contribution in [3.05, 3.63) is 30.0 Å². The number of hydrogen-bond donors (Lipinski definition) is 1. The van der Waals surface area contributed by atoms with Crippen LogP contribution in [-0.4, -0.2) is 0 Å². The summed E-state index contributed by atoms with van der Waals surface area (Å²) in [7, 11) is 0. The fraction of sp³-hybridized carbons (Fsp3) is 0. The highest BCUT2D eigenvalue weighted by Crippen LogP contribution is 2.01. The van der Waals surface area contributed by atoms with Gasteiger partial charge in [0, 0.05) is 5.69 Å². The number of nitrogen functional groups attached to an aromatic ring is 1. The fourth-order valence-electron chi connectivity index (χ4n) is 0.377. The third-order valence-electron chi connectivity index (χ3n) is 0.731. The van der Waals surface area contributed by atoms with Gasteiger partial charge in [-0.05, 0) is 24.2 Å². The van der Waals surface area contributed by atoms with E-state index < -0.39 is 5.82 Å². The lowest BCUT2D eigenvalue weighted by atomic mass is 10.3. The molecule has 0 spiro atoms. The van der Waals surface area contributed by atoms with Crippen LogP contribution in [0.5, 0.6) is 0 Å². The Morgan fingerprint density at radius 1 is 1.50 bits per heavy atom. The average Bonchev–Trinajstić information content (AvgIpc) is 1.82. The second kappa shape index (κ2) is 1.82. The van der Waals surface area contributed by atoms with Gasteiger partial charge in [0.2, 0.25) is 0 Å². The van der Waals surface area contributed by atoms with Gasteiger partial charge in [-0.15, -0.1) is 0 Å². The molecular weight excluding hydrogens is 105 g/mol. The summed E-state index contributed by atoms with van der Waals surface area (Å²) in [4.78, 5) is 0. The Hall–Kier alpha value is -1.05. The molecule has 42 valence electrons. The van der Waals surface area contributed by atoms with Crippen molar-refractivity contribution in [1.82, 2.24) is 0 Å². The molecule has 0 atom stereocenters. The highest BCUT2D eigenvalue weighted by Gasteiger charge is 1.83. The predicted octanol–water partition coefficient (Wildman–Crippen LogP) is 1.41. The molecule has 0 radical (unpaired) electrons. The number of nitrogens with two attached hydrogens (primary N) is 1. The first kappa shape index (κ1) is 3.07. The molecule has 0 saturated carbocycles. The van der Waals surface area contributed by atoms with Gasteiger partial charge >= 0.3 is 0 Å². The molecule has 1 rings (SSSR count). The van der Waals surface area contributed by atoms with Crippen LogP contribution < -0.4 is 5.73 Å². The molecule has 1 aromatic carbocycles. The van der Waals surface area contributed by atoms with Gasteiger partial charge in [-0.2, -0.15) is 0 Å². The molecule has 1 aromatic rings. The zero-order valence-electron chi connectivity index (χ0n) is 6.11. The highest BCUT2D eigenvalue weighted by molar-refractivity contribution is 5.36. The molecule has 2 heteroatoms. The van der Waals surface area contributed by atoms with E-state index in [-0.39, 0.29) is 17.8 Å². The predicted molar refractivity (Wildman–Crippen MR) is 30.8 cm³/mol. The minimum Gasteiger partial charge on any atom is -0.399 e. The van der Waals surface area contributed by atoms with Gasteiger partial charge in [0.25, 0.3) is 0 Å². The summed E-state index contributed by atoms with van der Waals surface area (Å²) >= 11 is 0. The van der Waals surface area contributed by atoms with Crippen LogP contribution in [0.4, 0.5) is 10.1 Å². The van der Waals surface area contributed by atoms with Gasteiger partial charge in [-0.3, -0.25) is 0 Å². The molecule has 1 nitrogen and oxygen atoms in total.